The Morgan fingerprint density at radius 1 is 1.54 bits per heavy atom. The van der Waals surface area contributed by atoms with E-state index in [-0.39, 0.29) is 6.10 Å². The van der Waals surface area contributed by atoms with Crippen molar-refractivity contribution in [3.05, 3.63) is 16.1 Å². The van der Waals surface area contributed by atoms with Gasteiger partial charge in [0.25, 0.3) is 0 Å². The highest BCUT2D eigenvalue weighted by molar-refractivity contribution is 7.09. The SMILES string of the molecule is Cc1nc(C2CCCC(O)C2)cs1. The van der Waals surface area contributed by atoms with Crippen LogP contribution in [0.4, 0.5) is 0 Å². The summed E-state index contributed by atoms with van der Waals surface area (Å²) in [4.78, 5) is 4.48. The van der Waals surface area contributed by atoms with Crippen LogP contribution in [0.3, 0.4) is 0 Å². The van der Waals surface area contributed by atoms with Gasteiger partial charge in [-0.05, 0) is 26.2 Å². The van der Waals surface area contributed by atoms with Gasteiger partial charge >= 0.3 is 0 Å². The van der Waals surface area contributed by atoms with Crippen molar-refractivity contribution in [3.8, 4) is 0 Å². The number of rotatable bonds is 1. The van der Waals surface area contributed by atoms with E-state index in [9.17, 15) is 5.11 Å². The minimum absolute atomic E-state index is 0.0965. The molecule has 1 heterocycles. The Labute approximate surface area is 82.6 Å². The zero-order valence-electron chi connectivity index (χ0n) is 7.86. The molecule has 0 spiro atoms. The maximum absolute atomic E-state index is 9.52. The minimum atomic E-state index is -0.0965. The highest BCUT2D eigenvalue weighted by Gasteiger charge is 2.22. The summed E-state index contributed by atoms with van der Waals surface area (Å²) in [6.07, 6.45) is 4.12. The summed E-state index contributed by atoms with van der Waals surface area (Å²) in [5.41, 5.74) is 1.20. The second-order valence-corrected chi connectivity index (χ2v) is 4.87. The number of aliphatic hydroxyl groups is 1. The van der Waals surface area contributed by atoms with Crippen LogP contribution in [0.1, 0.15) is 42.3 Å². The van der Waals surface area contributed by atoms with Crippen LogP contribution in [0.5, 0.6) is 0 Å². The average molecular weight is 197 g/mol. The van der Waals surface area contributed by atoms with Crippen molar-refractivity contribution >= 4 is 11.3 Å². The molecule has 1 saturated carbocycles. The number of aryl methyl sites for hydroxylation is 1. The number of hydrogen-bond donors (Lipinski definition) is 1. The highest BCUT2D eigenvalue weighted by Crippen LogP contribution is 2.33. The first-order chi connectivity index (χ1) is 6.25. The maximum Gasteiger partial charge on any atom is 0.0897 e. The second-order valence-electron chi connectivity index (χ2n) is 3.81. The van der Waals surface area contributed by atoms with Gasteiger partial charge in [-0.2, -0.15) is 0 Å². The molecule has 1 N–H and O–H groups in total. The molecule has 72 valence electrons. The standard InChI is InChI=1S/C10H15NOS/c1-7-11-10(6-13-7)8-3-2-4-9(12)5-8/h6,8-9,12H,2-5H2,1H3. The van der Waals surface area contributed by atoms with E-state index in [1.54, 1.807) is 11.3 Å². The Balaban J connectivity index is 2.08. The van der Waals surface area contributed by atoms with Crippen LogP contribution in [-0.4, -0.2) is 16.2 Å². The van der Waals surface area contributed by atoms with Gasteiger partial charge in [0.2, 0.25) is 0 Å². The van der Waals surface area contributed by atoms with Crippen LogP contribution in [0.2, 0.25) is 0 Å². The van der Waals surface area contributed by atoms with Crippen molar-refractivity contribution < 1.29 is 5.11 Å². The predicted octanol–water partition coefficient (Wildman–Crippen LogP) is 2.47. The maximum atomic E-state index is 9.52. The first-order valence-electron chi connectivity index (χ1n) is 4.86. The van der Waals surface area contributed by atoms with Crippen LogP contribution in [0, 0.1) is 6.92 Å². The van der Waals surface area contributed by atoms with Gasteiger partial charge in [-0.3, -0.25) is 0 Å². The van der Waals surface area contributed by atoms with E-state index in [0.717, 1.165) is 24.3 Å². The molecule has 0 radical (unpaired) electrons. The van der Waals surface area contributed by atoms with Crippen molar-refractivity contribution in [2.24, 2.45) is 0 Å². The molecule has 1 fully saturated rings. The molecule has 13 heavy (non-hydrogen) atoms. The third kappa shape index (κ3) is 2.09. The van der Waals surface area contributed by atoms with Crippen molar-refractivity contribution in [2.45, 2.75) is 44.6 Å². The van der Waals surface area contributed by atoms with Crippen molar-refractivity contribution in [3.63, 3.8) is 0 Å². The quantitative estimate of drug-likeness (QED) is 0.750. The molecule has 3 heteroatoms. The van der Waals surface area contributed by atoms with Gasteiger partial charge in [0.05, 0.1) is 16.8 Å². The first-order valence-corrected chi connectivity index (χ1v) is 5.74. The number of hydrogen-bond acceptors (Lipinski definition) is 3. The van der Waals surface area contributed by atoms with Gasteiger partial charge in [0.1, 0.15) is 0 Å². The summed E-state index contributed by atoms with van der Waals surface area (Å²) in [6.45, 7) is 2.04. The van der Waals surface area contributed by atoms with Crippen molar-refractivity contribution in [1.82, 2.24) is 4.98 Å². The van der Waals surface area contributed by atoms with E-state index in [1.165, 1.54) is 12.1 Å². The Bertz CT molecular complexity index is 284. The van der Waals surface area contributed by atoms with Gasteiger partial charge in [-0.25, -0.2) is 4.98 Å². The van der Waals surface area contributed by atoms with Crippen LogP contribution >= 0.6 is 11.3 Å². The van der Waals surface area contributed by atoms with Crippen LogP contribution in [0.15, 0.2) is 5.38 Å². The molecule has 0 aliphatic heterocycles. The molecule has 2 unspecified atom stereocenters. The highest BCUT2D eigenvalue weighted by atomic mass is 32.1. The smallest absolute Gasteiger partial charge is 0.0897 e. The fourth-order valence-electron chi connectivity index (χ4n) is 2.00. The largest absolute Gasteiger partial charge is 0.393 e. The lowest BCUT2D eigenvalue weighted by molar-refractivity contribution is 0.119. The van der Waals surface area contributed by atoms with E-state index in [1.807, 2.05) is 6.92 Å². The zero-order valence-corrected chi connectivity index (χ0v) is 8.68. The summed E-state index contributed by atoms with van der Waals surface area (Å²) in [6, 6.07) is 0. The third-order valence-corrected chi connectivity index (χ3v) is 3.49. The number of aliphatic hydroxyl groups excluding tert-OH is 1. The molecule has 2 nitrogen and oxygen atoms in total. The minimum Gasteiger partial charge on any atom is -0.393 e. The van der Waals surface area contributed by atoms with Gasteiger partial charge in [0.15, 0.2) is 0 Å². The molecule has 1 aromatic rings. The van der Waals surface area contributed by atoms with E-state index in [4.69, 9.17) is 0 Å². The Morgan fingerprint density at radius 2 is 2.38 bits per heavy atom. The van der Waals surface area contributed by atoms with E-state index < -0.39 is 0 Å². The van der Waals surface area contributed by atoms with Crippen LogP contribution in [0.25, 0.3) is 0 Å². The van der Waals surface area contributed by atoms with Gasteiger partial charge in [0, 0.05) is 11.3 Å². The fraction of sp³-hybridized carbons (Fsp3) is 0.700. The lowest BCUT2D eigenvalue weighted by Crippen LogP contribution is -2.18. The van der Waals surface area contributed by atoms with Gasteiger partial charge in [-0.15, -0.1) is 11.3 Å². The average Bonchev–Trinajstić information content (AvgIpc) is 2.52. The summed E-state index contributed by atoms with van der Waals surface area (Å²) in [7, 11) is 0. The molecular formula is C10H15NOS. The van der Waals surface area contributed by atoms with Gasteiger partial charge < -0.3 is 5.11 Å². The normalized spacial score (nSPS) is 29.1. The third-order valence-electron chi connectivity index (χ3n) is 2.70. The van der Waals surface area contributed by atoms with E-state index >= 15 is 0 Å². The summed E-state index contributed by atoms with van der Waals surface area (Å²) < 4.78 is 0. The molecule has 1 aliphatic carbocycles. The molecule has 1 aliphatic rings. The van der Waals surface area contributed by atoms with Crippen molar-refractivity contribution in [1.29, 1.82) is 0 Å². The molecule has 0 amide bonds. The van der Waals surface area contributed by atoms with Crippen molar-refractivity contribution in [2.75, 3.05) is 0 Å². The lowest BCUT2D eigenvalue weighted by atomic mass is 9.85. The molecule has 2 atom stereocenters. The molecule has 0 aromatic carbocycles. The lowest BCUT2D eigenvalue weighted by Gasteiger charge is -2.24. The molecule has 0 bridgehead atoms. The Hall–Kier alpha value is -0.410. The zero-order chi connectivity index (χ0) is 9.26. The molecule has 0 saturated heterocycles. The second kappa shape index (κ2) is 3.76. The molecular weight excluding hydrogens is 182 g/mol. The number of aromatic nitrogens is 1. The summed E-state index contributed by atoms with van der Waals surface area (Å²) >= 11 is 1.71. The topological polar surface area (TPSA) is 33.1 Å². The van der Waals surface area contributed by atoms with Crippen LogP contribution < -0.4 is 0 Å². The summed E-state index contributed by atoms with van der Waals surface area (Å²) in [5.74, 6) is 0.508. The number of thiazole rings is 1. The molecule has 2 rings (SSSR count). The van der Waals surface area contributed by atoms with E-state index in [0.29, 0.717) is 5.92 Å². The molecule has 1 aromatic heterocycles. The number of nitrogens with zero attached hydrogens (tertiary/aromatic N) is 1. The summed E-state index contributed by atoms with van der Waals surface area (Å²) in [5, 5.41) is 12.8. The van der Waals surface area contributed by atoms with Crippen LogP contribution in [-0.2, 0) is 0 Å². The Kier molecular flexibility index (Phi) is 2.65. The first kappa shape index (κ1) is 9.16. The monoisotopic (exact) mass is 197 g/mol. The van der Waals surface area contributed by atoms with E-state index in [2.05, 4.69) is 10.4 Å². The predicted molar refractivity (Wildman–Crippen MR) is 54.1 cm³/mol. The fourth-order valence-corrected chi connectivity index (χ4v) is 2.69. The van der Waals surface area contributed by atoms with Gasteiger partial charge in [-0.1, -0.05) is 6.42 Å². The Morgan fingerprint density at radius 3 is 3.00 bits per heavy atom.